The largest absolute Gasteiger partial charge is 0.386 e. The second-order valence-electron chi connectivity index (χ2n) is 16.3. The first-order chi connectivity index (χ1) is 26.9. The van der Waals surface area contributed by atoms with Crippen molar-refractivity contribution in [1.29, 1.82) is 0 Å². The summed E-state index contributed by atoms with van der Waals surface area (Å²) in [6, 6.07) is 11.2. The Morgan fingerprint density at radius 1 is 1.04 bits per heavy atom. The first-order valence-corrected chi connectivity index (χ1v) is 19.7. The summed E-state index contributed by atoms with van der Waals surface area (Å²) < 4.78 is 5.27. The maximum absolute atomic E-state index is 13.5. The SMILES string of the molecule is CN(C[C@H]1CC[C@H](n2cc3cc(NC(=O)c4ccncn4)c(C(C)(C)O)cc3n2)CC1)C1CCN(c2cccc3c2n(C)c(=O)n3C2CCC(=O)NC2=O)CC1. The molecule has 0 bridgehead atoms. The molecular weight excluding hydrogens is 713 g/mol. The van der Waals surface area contributed by atoms with Crippen LogP contribution in [0.2, 0.25) is 0 Å². The zero-order valence-electron chi connectivity index (χ0n) is 32.4. The van der Waals surface area contributed by atoms with Crippen molar-refractivity contribution in [2.45, 2.75) is 88.9 Å². The molecule has 8 rings (SSSR count). The first kappa shape index (κ1) is 37.5. The van der Waals surface area contributed by atoms with Crippen LogP contribution in [0, 0.1) is 5.92 Å². The molecule has 3 aliphatic rings. The van der Waals surface area contributed by atoms with Crippen molar-refractivity contribution in [3.63, 3.8) is 0 Å². The minimum atomic E-state index is -1.20. The lowest BCUT2D eigenvalue weighted by atomic mass is 9.85. The van der Waals surface area contributed by atoms with Gasteiger partial charge in [0.2, 0.25) is 11.8 Å². The number of para-hydroxylation sites is 1. The van der Waals surface area contributed by atoms with Crippen LogP contribution in [0.15, 0.2) is 59.9 Å². The van der Waals surface area contributed by atoms with Crippen molar-refractivity contribution < 1.29 is 19.5 Å². The van der Waals surface area contributed by atoms with Crippen molar-refractivity contribution in [2.24, 2.45) is 13.0 Å². The van der Waals surface area contributed by atoms with Crippen molar-refractivity contribution in [3.05, 3.63) is 76.9 Å². The molecule has 5 heterocycles. The van der Waals surface area contributed by atoms with Gasteiger partial charge in [-0.05, 0) is 102 Å². The number of benzene rings is 2. The average Bonchev–Trinajstić information content (AvgIpc) is 3.72. The van der Waals surface area contributed by atoms with Crippen LogP contribution in [-0.4, -0.2) is 89.3 Å². The number of nitrogens with zero attached hydrogens (tertiary/aromatic N) is 8. The van der Waals surface area contributed by atoms with E-state index in [1.54, 1.807) is 36.1 Å². The van der Waals surface area contributed by atoms with Crippen LogP contribution in [-0.2, 0) is 22.2 Å². The summed E-state index contributed by atoms with van der Waals surface area (Å²) in [7, 11) is 4.01. The number of imide groups is 1. The van der Waals surface area contributed by atoms with E-state index >= 15 is 0 Å². The number of imidazole rings is 1. The fraction of sp³-hybridized carbons (Fsp3) is 0.488. The molecule has 3 amide bonds. The summed E-state index contributed by atoms with van der Waals surface area (Å²) in [6.07, 6.45) is 11.7. The van der Waals surface area contributed by atoms with Gasteiger partial charge in [-0.25, -0.2) is 14.8 Å². The normalized spacial score (nSPS) is 21.2. The van der Waals surface area contributed by atoms with Gasteiger partial charge < -0.3 is 20.2 Å². The number of piperidine rings is 2. The predicted molar refractivity (Wildman–Crippen MR) is 212 cm³/mol. The molecule has 0 radical (unpaired) electrons. The molecule has 294 valence electrons. The third-order valence-electron chi connectivity index (χ3n) is 12.2. The highest BCUT2D eigenvalue weighted by Crippen LogP contribution is 2.37. The van der Waals surface area contributed by atoms with E-state index in [0.29, 0.717) is 29.6 Å². The number of nitrogens with one attached hydrogen (secondary N) is 2. The third-order valence-corrected chi connectivity index (χ3v) is 12.2. The van der Waals surface area contributed by atoms with E-state index in [0.717, 1.165) is 85.8 Å². The summed E-state index contributed by atoms with van der Waals surface area (Å²) in [5, 5.41) is 22.2. The molecule has 1 saturated carbocycles. The maximum atomic E-state index is 13.5. The van der Waals surface area contributed by atoms with Gasteiger partial charge in [-0.15, -0.1) is 0 Å². The average molecular weight is 763 g/mol. The monoisotopic (exact) mass is 762 g/mol. The number of anilines is 2. The van der Waals surface area contributed by atoms with Gasteiger partial charge in [0.1, 0.15) is 18.1 Å². The van der Waals surface area contributed by atoms with Gasteiger partial charge in [0.05, 0.1) is 33.9 Å². The van der Waals surface area contributed by atoms with E-state index in [2.05, 4.69) is 54.4 Å². The van der Waals surface area contributed by atoms with Crippen LogP contribution in [0.5, 0.6) is 0 Å². The molecule has 1 atom stereocenters. The van der Waals surface area contributed by atoms with Gasteiger partial charge in [-0.3, -0.25) is 33.5 Å². The van der Waals surface area contributed by atoms with Crippen molar-refractivity contribution in [2.75, 3.05) is 36.9 Å². The summed E-state index contributed by atoms with van der Waals surface area (Å²) in [6.45, 7) is 6.18. The molecule has 3 N–H and O–H groups in total. The van der Waals surface area contributed by atoms with E-state index in [1.165, 1.54) is 12.5 Å². The molecular formula is C41H50N10O5. The fourth-order valence-electron chi connectivity index (χ4n) is 9.10. The van der Waals surface area contributed by atoms with Crippen LogP contribution in [0.1, 0.15) is 93.3 Å². The van der Waals surface area contributed by atoms with Crippen molar-refractivity contribution in [3.8, 4) is 0 Å². The van der Waals surface area contributed by atoms with Gasteiger partial charge in [-0.2, -0.15) is 5.10 Å². The molecule has 2 aliphatic heterocycles. The van der Waals surface area contributed by atoms with Crippen molar-refractivity contribution >= 4 is 51.0 Å². The fourth-order valence-corrected chi connectivity index (χ4v) is 9.10. The molecule has 2 saturated heterocycles. The molecule has 15 nitrogen and oxygen atoms in total. The van der Waals surface area contributed by atoms with E-state index in [4.69, 9.17) is 5.10 Å². The minimum Gasteiger partial charge on any atom is -0.386 e. The standard InChI is InChI=1S/C41H50N10O5/c1-41(2,56)29-21-31-26(20-32(29)44-38(53)30-14-17-42-24-43-30)23-50(46-31)28-10-8-25(9-11-28)22-47(3)27-15-18-49(19-16-27)33-6-5-7-34-37(33)48(4)40(55)51(34)35-12-13-36(52)45-39(35)54/h5-7,14,17,20-21,23-25,27-28,35,56H,8-13,15-16,18-19,22H2,1-4H3,(H,44,53)(H,45,52,54)/t25-,28-,35?. The Kier molecular flexibility index (Phi) is 9.99. The summed E-state index contributed by atoms with van der Waals surface area (Å²) in [4.78, 5) is 63.8. The van der Waals surface area contributed by atoms with Crippen LogP contribution in [0.25, 0.3) is 21.9 Å². The van der Waals surface area contributed by atoms with Crippen LogP contribution < -0.4 is 21.2 Å². The summed E-state index contributed by atoms with van der Waals surface area (Å²) in [5.41, 5.74) is 3.22. The zero-order chi connectivity index (χ0) is 39.3. The second-order valence-corrected chi connectivity index (χ2v) is 16.3. The molecule has 3 aromatic heterocycles. The summed E-state index contributed by atoms with van der Waals surface area (Å²) in [5.74, 6) is -0.497. The zero-order valence-corrected chi connectivity index (χ0v) is 32.4. The van der Waals surface area contributed by atoms with Gasteiger partial charge in [0, 0.05) is 68.2 Å². The maximum Gasteiger partial charge on any atom is 0.329 e. The van der Waals surface area contributed by atoms with E-state index < -0.39 is 17.6 Å². The van der Waals surface area contributed by atoms with E-state index in [-0.39, 0.29) is 35.7 Å². The Hall–Kier alpha value is -5.41. The second kappa shape index (κ2) is 14.9. The number of aliphatic hydroxyl groups is 1. The Morgan fingerprint density at radius 2 is 1.80 bits per heavy atom. The van der Waals surface area contributed by atoms with Crippen LogP contribution >= 0.6 is 0 Å². The minimum absolute atomic E-state index is 0.214. The highest BCUT2D eigenvalue weighted by Gasteiger charge is 2.33. The molecule has 0 spiro atoms. The van der Waals surface area contributed by atoms with E-state index in [9.17, 15) is 24.3 Å². The van der Waals surface area contributed by atoms with Crippen molar-refractivity contribution in [1.82, 2.24) is 39.1 Å². The Labute approximate surface area is 324 Å². The number of carbonyl (C=O) groups excluding carboxylic acids is 3. The smallest absolute Gasteiger partial charge is 0.329 e. The lowest BCUT2D eigenvalue weighted by molar-refractivity contribution is -0.135. The molecule has 1 unspecified atom stereocenters. The molecule has 5 aromatic rings. The van der Waals surface area contributed by atoms with Crippen LogP contribution in [0.4, 0.5) is 11.4 Å². The van der Waals surface area contributed by atoms with Gasteiger partial charge in [-0.1, -0.05) is 6.07 Å². The Balaban J connectivity index is 0.882. The number of hydrogen-bond donors (Lipinski definition) is 3. The highest BCUT2D eigenvalue weighted by molar-refractivity contribution is 6.04. The number of aryl methyl sites for hydroxylation is 1. The first-order valence-electron chi connectivity index (χ1n) is 19.7. The number of hydrogen-bond acceptors (Lipinski definition) is 10. The third kappa shape index (κ3) is 7.20. The molecule has 2 aromatic carbocycles. The molecule has 1 aliphatic carbocycles. The number of rotatable bonds is 9. The Bertz CT molecular complexity index is 2340. The van der Waals surface area contributed by atoms with E-state index in [1.807, 2.05) is 24.3 Å². The van der Waals surface area contributed by atoms with Gasteiger partial charge >= 0.3 is 5.69 Å². The lowest BCUT2D eigenvalue weighted by Gasteiger charge is -2.40. The predicted octanol–water partition coefficient (Wildman–Crippen LogP) is 4.27. The quantitative estimate of drug-likeness (QED) is 0.184. The van der Waals surface area contributed by atoms with Crippen LogP contribution in [0.3, 0.4) is 0 Å². The molecule has 15 heteroatoms. The molecule has 3 fully saturated rings. The number of aromatic nitrogens is 6. The summed E-state index contributed by atoms with van der Waals surface area (Å²) >= 11 is 0. The van der Waals surface area contributed by atoms with Gasteiger partial charge in [0.15, 0.2) is 0 Å². The number of fused-ring (bicyclic) bond motifs is 2. The Morgan fingerprint density at radius 3 is 2.50 bits per heavy atom. The van der Waals surface area contributed by atoms with Gasteiger partial charge in [0.25, 0.3) is 5.91 Å². The molecule has 56 heavy (non-hydrogen) atoms. The lowest BCUT2D eigenvalue weighted by Crippen LogP contribution is -2.45. The topological polar surface area (TPSA) is 173 Å². The number of amides is 3. The highest BCUT2D eigenvalue weighted by atomic mass is 16.3. The number of carbonyl (C=O) groups is 3.